The summed E-state index contributed by atoms with van der Waals surface area (Å²) in [4.78, 5) is 43.8. The molecule has 6 rings (SSSR count). The SMILES string of the molecule is CC[C@H]1OC(=O)[C@H](C)[C@@H](O[C@H]2C[C@@](C)(OC)[C@@H](OCCCOCCCc3cc4c5c(c3)c(=O)c(C(=O)O)cn5C(C)(C)CO4)[C@H](C)O2)[C@H](C)[C@@H](O[C@@H]2O[C@H](C)C[C@H](N(C)C)[C@H]2O)[C@](C)(O)C[C@@H](C)CN(C)[C@H](C)[C@@H](O)[C@]1(C)O. The average Bonchev–Trinajstić information content (AvgIpc) is 3.36. The van der Waals surface area contributed by atoms with Crippen molar-refractivity contribution in [3.8, 4) is 5.75 Å². The Morgan fingerprint density at radius 3 is 2.23 bits per heavy atom. The van der Waals surface area contributed by atoms with Gasteiger partial charge < -0.3 is 82.5 Å². The van der Waals surface area contributed by atoms with Gasteiger partial charge in [0.1, 0.15) is 47.9 Å². The number of esters is 1. The van der Waals surface area contributed by atoms with Crippen LogP contribution in [0.2, 0.25) is 0 Å². The molecule has 2 aromatic rings. The highest BCUT2D eigenvalue weighted by Gasteiger charge is 2.53. The van der Waals surface area contributed by atoms with Crippen molar-refractivity contribution in [3.63, 3.8) is 0 Å². The van der Waals surface area contributed by atoms with Crippen LogP contribution in [0.3, 0.4) is 0 Å². The number of rotatable bonds is 17. The number of ether oxygens (including phenoxy) is 9. The maximum absolute atomic E-state index is 14.6. The average molecular weight is 1110 g/mol. The van der Waals surface area contributed by atoms with E-state index in [1.165, 1.54) is 13.1 Å². The molecule has 0 saturated carbocycles. The quantitative estimate of drug-likeness (QED) is 0.102. The number of likely N-dealkylation sites (N-methyl/N-ethyl adjacent to an activating group) is 2. The van der Waals surface area contributed by atoms with Crippen LogP contribution in [0, 0.1) is 17.8 Å². The van der Waals surface area contributed by atoms with E-state index < -0.39 is 113 Å². The minimum absolute atomic E-state index is 0.178. The van der Waals surface area contributed by atoms with Crippen LogP contribution in [0.15, 0.2) is 23.1 Å². The van der Waals surface area contributed by atoms with E-state index in [4.69, 9.17) is 42.6 Å². The van der Waals surface area contributed by atoms with Crippen molar-refractivity contribution in [3.05, 3.63) is 39.7 Å². The van der Waals surface area contributed by atoms with Crippen molar-refractivity contribution in [1.29, 1.82) is 0 Å². The Balaban J connectivity index is 1.16. The van der Waals surface area contributed by atoms with Gasteiger partial charge in [-0.1, -0.05) is 20.8 Å². The topological polar surface area (TPSA) is 247 Å². The van der Waals surface area contributed by atoms with Crippen molar-refractivity contribution >= 4 is 22.8 Å². The van der Waals surface area contributed by atoms with Crippen molar-refractivity contribution in [2.75, 3.05) is 61.2 Å². The number of hydrogen-bond donors (Lipinski definition) is 5. The third-order valence-corrected chi connectivity index (χ3v) is 17.2. The molecule has 20 nitrogen and oxygen atoms in total. The summed E-state index contributed by atoms with van der Waals surface area (Å²) in [6, 6.07) is 2.80. The van der Waals surface area contributed by atoms with Crippen molar-refractivity contribution < 1.29 is 77.8 Å². The summed E-state index contributed by atoms with van der Waals surface area (Å²) in [6.45, 7) is 23.8. The number of carboxylic acid groups (broad SMARTS) is 1. The predicted molar refractivity (Wildman–Crippen MR) is 292 cm³/mol. The number of aromatic carboxylic acids is 1. The first-order valence-corrected chi connectivity index (χ1v) is 28.2. The number of carboxylic acids is 1. The Kier molecular flexibility index (Phi) is 21.1. The van der Waals surface area contributed by atoms with Gasteiger partial charge in [-0.15, -0.1) is 0 Å². The molecule has 4 aliphatic rings. The van der Waals surface area contributed by atoms with Crippen LogP contribution in [0.25, 0.3) is 10.9 Å². The number of methoxy groups -OCH3 is 1. The normalized spacial score (nSPS) is 38.3. The van der Waals surface area contributed by atoms with Crippen LogP contribution in [-0.2, 0) is 54.6 Å². The summed E-state index contributed by atoms with van der Waals surface area (Å²) in [5, 5.41) is 58.3. The molecule has 0 radical (unpaired) electrons. The van der Waals surface area contributed by atoms with Gasteiger partial charge in [0, 0.05) is 64.1 Å². The Bertz CT molecular complexity index is 2400. The molecular formula is C58H95N3O17. The predicted octanol–water partition coefficient (Wildman–Crippen LogP) is 5.11. The Labute approximate surface area is 461 Å². The first-order valence-electron chi connectivity index (χ1n) is 28.2. The number of nitrogens with zero attached hydrogens (tertiary/aromatic N) is 3. The van der Waals surface area contributed by atoms with Gasteiger partial charge in [0.05, 0.1) is 58.0 Å². The zero-order chi connectivity index (χ0) is 58.0. The number of aromatic nitrogens is 1. The summed E-state index contributed by atoms with van der Waals surface area (Å²) in [5.74, 6) is -3.44. The number of benzene rings is 1. The molecule has 0 unspecified atom stereocenters. The highest BCUT2D eigenvalue weighted by atomic mass is 16.7. The van der Waals surface area contributed by atoms with Crippen LogP contribution < -0.4 is 10.2 Å². The van der Waals surface area contributed by atoms with Crippen molar-refractivity contribution in [2.45, 2.75) is 224 Å². The van der Waals surface area contributed by atoms with Crippen molar-refractivity contribution in [2.24, 2.45) is 17.8 Å². The number of carbonyl (C=O) groups is 2. The molecule has 4 aliphatic heterocycles. The lowest BCUT2D eigenvalue weighted by atomic mass is 9.77. The minimum Gasteiger partial charge on any atom is -0.489 e. The third kappa shape index (κ3) is 14.1. The van der Waals surface area contributed by atoms with E-state index in [9.17, 15) is 39.9 Å². The Hall–Kier alpha value is -3.35. The summed E-state index contributed by atoms with van der Waals surface area (Å²) in [7, 11) is 7.21. The van der Waals surface area contributed by atoms with E-state index in [1.54, 1.807) is 40.9 Å². The summed E-state index contributed by atoms with van der Waals surface area (Å²) < 4.78 is 59.5. The van der Waals surface area contributed by atoms with Crippen molar-refractivity contribution in [1.82, 2.24) is 14.4 Å². The molecule has 5 N–H and O–H groups in total. The maximum Gasteiger partial charge on any atom is 0.341 e. The van der Waals surface area contributed by atoms with Gasteiger partial charge in [-0.25, -0.2) is 4.79 Å². The number of aliphatic hydroxyl groups is 4. The highest BCUT2D eigenvalue weighted by molar-refractivity contribution is 5.95. The van der Waals surface area contributed by atoms with Crippen LogP contribution in [0.1, 0.15) is 138 Å². The van der Waals surface area contributed by atoms with Crippen LogP contribution in [0.4, 0.5) is 0 Å². The number of carbonyl (C=O) groups excluding carboxylic acids is 1. The van der Waals surface area contributed by atoms with Gasteiger partial charge >= 0.3 is 11.9 Å². The number of hydrogen-bond acceptors (Lipinski definition) is 18. The monoisotopic (exact) mass is 1110 g/mol. The lowest BCUT2D eigenvalue weighted by Gasteiger charge is -2.49. The molecule has 18 atom stereocenters. The molecule has 444 valence electrons. The molecule has 1 aromatic heterocycles. The van der Waals surface area contributed by atoms with E-state index in [0.717, 1.165) is 5.56 Å². The fourth-order valence-electron chi connectivity index (χ4n) is 12.6. The first kappa shape index (κ1) is 63.8. The zero-order valence-corrected chi connectivity index (χ0v) is 49.4. The smallest absolute Gasteiger partial charge is 0.341 e. The van der Waals surface area contributed by atoms with Crippen LogP contribution in [-0.4, -0.2) is 203 Å². The van der Waals surface area contributed by atoms with E-state index in [2.05, 4.69) is 0 Å². The van der Waals surface area contributed by atoms with E-state index in [0.29, 0.717) is 75.3 Å². The number of cyclic esters (lactones) is 1. The summed E-state index contributed by atoms with van der Waals surface area (Å²) in [5.41, 5.74) is -4.31. The number of pyridine rings is 1. The second-order valence-electron chi connectivity index (χ2n) is 24.7. The molecular weight excluding hydrogens is 1010 g/mol. The van der Waals surface area contributed by atoms with E-state index in [1.807, 2.05) is 90.0 Å². The van der Waals surface area contributed by atoms with Gasteiger partial charge in [-0.05, 0) is 146 Å². The molecule has 3 saturated heterocycles. The number of aryl methyl sites for hydroxylation is 1. The lowest BCUT2D eigenvalue weighted by molar-refractivity contribution is -0.320. The second kappa shape index (κ2) is 25.8. The largest absolute Gasteiger partial charge is 0.489 e. The standard InChI is InChI=1S/C58H95N3O17/c1-17-43-58(12,69)49(64)36(6)60(15)29-32(2)27-56(10,68)50(78-54-47(63)41(59(13)14)24-33(3)74-54)34(4)48(35(5)53(67)76-43)77-44-28-57(11,70-16)51(37(7)75-44)72-23-19-22-71-21-18-20-38-25-39-45-42(26-38)73-31-55(8,9)61(45)30-40(46(39)62)52(65)66/h25-26,30,32-37,41,43-44,47-51,54,63-64,68-69H,17-24,27-29,31H2,1-16H3,(H,65,66)/t32-,33-,34+,35-,36-,37+,41+,43-,44+,47-,48+,49-,50-,51+,54+,56-,57-,58-/m1/s1. The van der Waals surface area contributed by atoms with E-state index in [-0.39, 0.29) is 42.9 Å². The maximum atomic E-state index is 14.6. The fourth-order valence-corrected chi connectivity index (χ4v) is 12.6. The van der Waals surface area contributed by atoms with Gasteiger partial charge in [0.15, 0.2) is 12.6 Å². The second-order valence-corrected chi connectivity index (χ2v) is 24.7. The van der Waals surface area contributed by atoms with Gasteiger partial charge in [-0.2, -0.15) is 0 Å². The molecule has 0 bridgehead atoms. The fraction of sp³-hybridized carbons (Fsp3) is 0.810. The Morgan fingerprint density at radius 1 is 0.910 bits per heavy atom. The lowest BCUT2D eigenvalue weighted by Crippen LogP contribution is -2.61. The molecule has 0 amide bonds. The van der Waals surface area contributed by atoms with Crippen LogP contribution in [0.5, 0.6) is 5.75 Å². The first-order chi connectivity index (χ1) is 36.4. The number of aliphatic hydroxyl groups excluding tert-OH is 2. The summed E-state index contributed by atoms with van der Waals surface area (Å²) in [6.07, 6.45) is -4.80. The van der Waals surface area contributed by atoms with Crippen LogP contribution >= 0.6 is 0 Å². The third-order valence-electron chi connectivity index (χ3n) is 17.2. The minimum atomic E-state index is -1.84. The van der Waals surface area contributed by atoms with E-state index >= 15 is 0 Å². The molecule has 1 aromatic carbocycles. The summed E-state index contributed by atoms with van der Waals surface area (Å²) >= 11 is 0. The molecule has 3 fully saturated rings. The van der Waals surface area contributed by atoms with Gasteiger partial charge in [-0.3, -0.25) is 9.59 Å². The van der Waals surface area contributed by atoms with Gasteiger partial charge in [0.25, 0.3) is 0 Å². The molecule has 5 heterocycles. The molecule has 20 heteroatoms. The highest BCUT2D eigenvalue weighted by Crippen LogP contribution is 2.42. The Morgan fingerprint density at radius 2 is 1.59 bits per heavy atom. The molecule has 78 heavy (non-hydrogen) atoms. The van der Waals surface area contributed by atoms with Gasteiger partial charge in [0.2, 0.25) is 5.43 Å². The molecule has 0 spiro atoms. The molecule has 0 aliphatic carbocycles. The zero-order valence-electron chi connectivity index (χ0n) is 49.4.